The van der Waals surface area contributed by atoms with Gasteiger partial charge < -0.3 is 14.4 Å². The highest BCUT2D eigenvalue weighted by atomic mass is 16.1. The summed E-state index contributed by atoms with van der Waals surface area (Å²) in [5.41, 5.74) is 1.87. The van der Waals surface area contributed by atoms with Gasteiger partial charge in [-0.2, -0.15) is 0 Å². The Labute approximate surface area is 148 Å². The van der Waals surface area contributed by atoms with Gasteiger partial charge in [-0.15, -0.1) is 0 Å². The summed E-state index contributed by atoms with van der Waals surface area (Å²) in [4.78, 5) is 24.9. The summed E-state index contributed by atoms with van der Waals surface area (Å²) in [5.74, 6) is 0.622. The Kier molecular flexibility index (Phi) is 4.48. The predicted octanol–water partition coefficient (Wildman–Crippen LogP) is 1.24. The molecule has 0 N–H and O–H groups in total. The van der Waals surface area contributed by atoms with E-state index in [1.807, 2.05) is 35.8 Å². The number of aromatic nitrogens is 2. The molecule has 0 spiro atoms. The van der Waals surface area contributed by atoms with Gasteiger partial charge in [-0.05, 0) is 32.5 Å². The zero-order valence-corrected chi connectivity index (χ0v) is 15.2. The monoisotopic (exact) mass is 341 g/mol. The summed E-state index contributed by atoms with van der Waals surface area (Å²) in [6.07, 6.45) is 1.11. The second kappa shape index (κ2) is 6.77. The number of hydrogen-bond acceptors (Lipinski definition) is 5. The van der Waals surface area contributed by atoms with Crippen LogP contribution in [0.5, 0.6) is 0 Å². The molecule has 0 radical (unpaired) electrons. The smallest absolute Gasteiger partial charge is 0.293 e. The molecule has 134 valence electrons. The molecule has 6 nitrogen and oxygen atoms in total. The standard InChI is InChI=1S/C19H27N5O/c1-3-24-17-7-5-4-6-16(17)20-18(19(24)25)23-9-8-15(14-23)22-12-10-21(2)11-13-22/h4-7,15H,3,8-14H2,1-2H3/t15-/m0/s1. The molecule has 0 saturated carbocycles. The van der Waals surface area contributed by atoms with Gasteiger partial charge in [-0.3, -0.25) is 9.69 Å². The summed E-state index contributed by atoms with van der Waals surface area (Å²) < 4.78 is 1.85. The first-order valence-electron chi connectivity index (χ1n) is 9.34. The number of para-hydroxylation sites is 2. The molecule has 2 saturated heterocycles. The number of rotatable bonds is 3. The molecule has 6 heteroatoms. The van der Waals surface area contributed by atoms with Crippen LogP contribution in [0.1, 0.15) is 13.3 Å². The maximum absolute atomic E-state index is 13.0. The number of aryl methyl sites for hydroxylation is 1. The normalized spacial score (nSPS) is 22.8. The average molecular weight is 341 g/mol. The molecule has 3 heterocycles. The van der Waals surface area contributed by atoms with E-state index < -0.39 is 0 Å². The van der Waals surface area contributed by atoms with Crippen LogP contribution in [0.3, 0.4) is 0 Å². The van der Waals surface area contributed by atoms with E-state index in [4.69, 9.17) is 4.98 Å². The highest BCUT2D eigenvalue weighted by molar-refractivity contribution is 5.76. The molecule has 1 aromatic carbocycles. The molecule has 2 fully saturated rings. The van der Waals surface area contributed by atoms with Gasteiger partial charge >= 0.3 is 0 Å². The SMILES string of the molecule is CCn1c(=O)c(N2CC[C@H](N3CCN(C)CC3)C2)nc2ccccc21. The maximum atomic E-state index is 13.0. The van der Waals surface area contributed by atoms with E-state index >= 15 is 0 Å². The van der Waals surface area contributed by atoms with Crippen molar-refractivity contribution in [1.29, 1.82) is 0 Å². The van der Waals surface area contributed by atoms with Crippen LogP contribution in [0.2, 0.25) is 0 Å². The number of nitrogens with zero attached hydrogens (tertiary/aromatic N) is 5. The molecule has 2 aliphatic rings. The number of benzene rings is 1. The Morgan fingerprint density at radius 1 is 1.12 bits per heavy atom. The molecule has 2 aromatic rings. The molecule has 0 unspecified atom stereocenters. The second-order valence-corrected chi connectivity index (χ2v) is 7.20. The molecule has 1 atom stereocenters. The lowest BCUT2D eigenvalue weighted by Crippen LogP contribution is -2.50. The highest BCUT2D eigenvalue weighted by Crippen LogP contribution is 2.22. The topological polar surface area (TPSA) is 44.6 Å². The Balaban J connectivity index is 1.60. The largest absolute Gasteiger partial charge is 0.350 e. The van der Waals surface area contributed by atoms with E-state index in [-0.39, 0.29) is 5.56 Å². The molecular formula is C19H27N5O. The van der Waals surface area contributed by atoms with E-state index in [0.29, 0.717) is 18.4 Å². The Bertz CT molecular complexity index is 809. The Morgan fingerprint density at radius 2 is 1.88 bits per heavy atom. The quantitative estimate of drug-likeness (QED) is 0.841. The van der Waals surface area contributed by atoms with E-state index in [1.165, 1.54) is 0 Å². The first-order valence-corrected chi connectivity index (χ1v) is 9.34. The van der Waals surface area contributed by atoms with Crippen LogP contribution in [0, 0.1) is 0 Å². The lowest BCUT2D eigenvalue weighted by Gasteiger charge is -2.36. The molecule has 2 aliphatic heterocycles. The van der Waals surface area contributed by atoms with Gasteiger partial charge in [0.25, 0.3) is 5.56 Å². The average Bonchev–Trinajstić information content (AvgIpc) is 3.12. The highest BCUT2D eigenvalue weighted by Gasteiger charge is 2.31. The number of anilines is 1. The lowest BCUT2D eigenvalue weighted by atomic mass is 10.2. The Morgan fingerprint density at radius 3 is 2.64 bits per heavy atom. The van der Waals surface area contributed by atoms with Crippen molar-refractivity contribution in [2.45, 2.75) is 25.9 Å². The van der Waals surface area contributed by atoms with Crippen molar-refractivity contribution in [3.05, 3.63) is 34.6 Å². The van der Waals surface area contributed by atoms with Crippen molar-refractivity contribution in [3.63, 3.8) is 0 Å². The summed E-state index contributed by atoms with van der Waals surface area (Å²) in [5, 5.41) is 0. The van der Waals surface area contributed by atoms with Crippen molar-refractivity contribution < 1.29 is 0 Å². The Hall–Kier alpha value is -1.92. The summed E-state index contributed by atoms with van der Waals surface area (Å²) in [6.45, 7) is 9.04. The molecule has 4 rings (SSSR count). The zero-order valence-electron chi connectivity index (χ0n) is 15.2. The summed E-state index contributed by atoms with van der Waals surface area (Å²) in [7, 11) is 2.19. The lowest BCUT2D eigenvalue weighted by molar-refractivity contribution is 0.120. The van der Waals surface area contributed by atoms with Crippen molar-refractivity contribution in [2.24, 2.45) is 0 Å². The predicted molar refractivity (Wildman–Crippen MR) is 101 cm³/mol. The van der Waals surface area contributed by atoms with E-state index in [0.717, 1.165) is 56.7 Å². The zero-order chi connectivity index (χ0) is 17.4. The minimum atomic E-state index is 0.0419. The van der Waals surface area contributed by atoms with Gasteiger partial charge in [0.05, 0.1) is 11.0 Å². The van der Waals surface area contributed by atoms with Crippen LogP contribution in [0.15, 0.2) is 29.1 Å². The third kappa shape index (κ3) is 3.04. The summed E-state index contributed by atoms with van der Waals surface area (Å²) in [6, 6.07) is 8.47. The third-order valence-corrected chi connectivity index (χ3v) is 5.67. The second-order valence-electron chi connectivity index (χ2n) is 7.20. The maximum Gasteiger partial charge on any atom is 0.293 e. The minimum Gasteiger partial charge on any atom is -0.350 e. The van der Waals surface area contributed by atoms with Gasteiger partial charge in [0.2, 0.25) is 0 Å². The van der Waals surface area contributed by atoms with Crippen LogP contribution < -0.4 is 10.5 Å². The number of fused-ring (bicyclic) bond motifs is 1. The van der Waals surface area contributed by atoms with E-state index in [1.54, 1.807) is 0 Å². The van der Waals surface area contributed by atoms with Gasteiger partial charge in [0, 0.05) is 51.9 Å². The van der Waals surface area contributed by atoms with Crippen LogP contribution >= 0.6 is 0 Å². The fourth-order valence-corrected chi connectivity index (χ4v) is 4.12. The van der Waals surface area contributed by atoms with Crippen LogP contribution in [-0.2, 0) is 6.54 Å². The molecular weight excluding hydrogens is 314 g/mol. The van der Waals surface area contributed by atoms with Gasteiger partial charge in [-0.1, -0.05) is 12.1 Å². The van der Waals surface area contributed by atoms with Crippen LogP contribution in [-0.4, -0.2) is 71.7 Å². The number of hydrogen-bond donors (Lipinski definition) is 0. The fourth-order valence-electron chi connectivity index (χ4n) is 4.12. The van der Waals surface area contributed by atoms with Gasteiger partial charge in [0.15, 0.2) is 5.82 Å². The minimum absolute atomic E-state index is 0.0419. The summed E-state index contributed by atoms with van der Waals surface area (Å²) >= 11 is 0. The van der Waals surface area contributed by atoms with Crippen molar-refractivity contribution in [1.82, 2.24) is 19.4 Å². The molecule has 1 aromatic heterocycles. The molecule has 0 bridgehead atoms. The first kappa shape index (κ1) is 16.5. The van der Waals surface area contributed by atoms with E-state index in [9.17, 15) is 4.79 Å². The van der Waals surface area contributed by atoms with Crippen molar-refractivity contribution in [2.75, 3.05) is 51.2 Å². The van der Waals surface area contributed by atoms with Crippen LogP contribution in [0.25, 0.3) is 11.0 Å². The number of likely N-dealkylation sites (N-methyl/N-ethyl adjacent to an activating group) is 1. The van der Waals surface area contributed by atoms with Crippen LogP contribution in [0.4, 0.5) is 5.82 Å². The molecule has 0 aliphatic carbocycles. The molecule has 0 amide bonds. The van der Waals surface area contributed by atoms with Crippen molar-refractivity contribution in [3.8, 4) is 0 Å². The fraction of sp³-hybridized carbons (Fsp3) is 0.579. The molecule has 25 heavy (non-hydrogen) atoms. The first-order chi connectivity index (χ1) is 12.2. The van der Waals surface area contributed by atoms with E-state index in [2.05, 4.69) is 21.7 Å². The van der Waals surface area contributed by atoms with Gasteiger partial charge in [-0.25, -0.2) is 4.98 Å². The van der Waals surface area contributed by atoms with Crippen molar-refractivity contribution >= 4 is 16.9 Å². The number of piperazine rings is 1. The third-order valence-electron chi connectivity index (χ3n) is 5.67. The van der Waals surface area contributed by atoms with Gasteiger partial charge in [0.1, 0.15) is 0 Å².